The van der Waals surface area contributed by atoms with Gasteiger partial charge in [0.05, 0.1) is 23.1 Å². The van der Waals surface area contributed by atoms with Crippen molar-refractivity contribution < 1.29 is 14.6 Å². The Kier molecular flexibility index (Phi) is 13.9. The minimum absolute atomic E-state index is 0.152. The fraction of sp³-hybridized carbons (Fsp3) is 0.379. The summed E-state index contributed by atoms with van der Waals surface area (Å²) < 4.78 is 8.67. The summed E-state index contributed by atoms with van der Waals surface area (Å²) in [6.45, 7) is 5.68. The van der Waals surface area contributed by atoms with Crippen LogP contribution in [0.2, 0.25) is 25.1 Å². The van der Waals surface area contributed by atoms with E-state index in [0.717, 1.165) is 19.3 Å². The molecule has 1 unspecified atom stereocenters. The minimum atomic E-state index is -1.08. The molecule has 0 fully saturated rings. The Bertz CT molecular complexity index is 1420. The highest BCUT2D eigenvalue weighted by Crippen LogP contribution is 2.36. The monoisotopic (exact) mass is 688 g/mol. The maximum Gasteiger partial charge on any atom is 0.329 e. The molecule has 0 aliphatic heterocycles. The van der Waals surface area contributed by atoms with Gasteiger partial charge in [-0.15, -0.1) is 0 Å². The number of hydrogen-bond acceptors (Lipinski definition) is 6. The Hall–Kier alpha value is -2.53. The van der Waals surface area contributed by atoms with E-state index in [1.165, 1.54) is 17.2 Å². The maximum atomic E-state index is 12.3. The normalized spacial score (nSPS) is 12.3. The fourth-order valence-electron chi connectivity index (χ4n) is 4.25. The second-order valence-electron chi connectivity index (χ2n) is 9.64. The molecule has 1 N–H and O–H groups in total. The molecule has 9 nitrogen and oxygen atoms in total. The number of benzene rings is 2. The van der Waals surface area contributed by atoms with Crippen LogP contribution in [-0.2, 0) is 12.1 Å². The third-order valence-corrected chi connectivity index (χ3v) is 7.65. The van der Waals surface area contributed by atoms with Crippen LogP contribution in [0.15, 0.2) is 61.7 Å². The molecule has 4 rings (SSSR count). The van der Waals surface area contributed by atoms with Crippen molar-refractivity contribution in [2.24, 2.45) is 0 Å². The van der Waals surface area contributed by atoms with Crippen LogP contribution in [0.3, 0.4) is 0 Å². The van der Waals surface area contributed by atoms with Crippen LogP contribution >= 0.6 is 58.0 Å². The SMILES string of the molecule is CCCCC(O)(Cn1cncn1)c1ccc(Cl)cc1Cl.CCCN(CCOc1c(Cl)cc(Cl)cc1Cl)C(=O)n1ccnc1. The first kappa shape index (κ1) is 35.0. The summed E-state index contributed by atoms with van der Waals surface area (Å²) in [4.78, 5) is 21.8. The first-order chi connectivity index (χ1) is 20.6. The van der Waals surface area contributed by atoms with E-state index in [4.69, 9.17) is 62.7 Å². The molecule has 4 aromatic rings. The predicted molar refractivity (Wildman–Crippen MR) is 172 cm³/mol. The van der Waals surface area contributed by atoms with Gasteiger partial charge in [-0.25, -0.2) is 19.4 Å². The molecule has 0 aliphatic carbocycles. The van der Waals surface area contributed by atoms with E-state index in [1.807, 2.05) is 6.92 Å². The molecular weight excluding hydrogens is 658 g/mol. The highest BCUT2D eigenvalue weighted by molar-refractivity contribution is 6.40. The zero-order valence-corrected chi connectivity index (χ0v) is 27.5. The number of carbonyl (C=O) groups excluding carboxylic acids is 1. The van der Waals surface area contributed by atoms with Crippen molar-refractivity contribution in [3.63, 3.8) is 0 Å². The summed E-state index contributed by atoms with van der Waals surface area (Å²) in [6.07, 6.45) is 11.0. The molecule has 0 saturated carbocycles. The number of unbranched alkanes of at least 4 members (excludes halogenated alkanes) is 1. The number of aromatic nitrogens is 5. The number of amides is 1. The van der Waals surface area contributed by atoms with Gasteiger partial charge >= 0.3 is 6.03 Å². The molecule has 1 atom stereocenters. The standard InChI is InChI=1S/C15H16Cl3N3O2.C14H17Cl2N3O/c1-2-4-20(15(22)21-5-3-19-10-21)6-7-23-14-12(17)8-11(16)9-13(14)18;1-2-3-6-14(20,8-19-10-17-9-18-19)12-5-4-11(15)7-13(12)16/h3,5,8-10H,2,4,6-7H2,1H3;4-5,7,9-10,20H,2-3,6,8H2,1H3. The lowest BCUT2D eigenvalue weighted by molar-refractivity contribution is 0.00429. The first-order valence-electron chi connectivity index (χ1n) is 13.6. The van der Waals surface area contributed by atoms with Crippen LogP contribution in [0.25, 0.3) is 0 Å². The molecule has 0 aliphatic rings. The van der Waals surface area contributed by atoms with Crippen LogP contribution in [0.1, 0.15) is 45.1 Å². The quantitative estimate of drug-likeness (QED) is 0.161. The largest absolute Gasteiger partial charge is 0.489 e. The Morgan fingerprint density at radius 1 is 0.953 bits per heavy atom. The van der Waals surface area contributed by atoms with Gasteiger partial charge in [-0.1, -0.05) is 90.8 Å². The van der Waals surface area contributed by atoms with Crippen molar-refractivity contribution in [2.45, 2.75) is 51.7 Å². The molecule has 2 aromatic heterocycles. The molecule has 43 heavy (non-hydrogen) atoms. The number of rotatable bonds is 12. The number of nitrogens with zero attached hydrogens (tertiary/aromatic N) is 6. The molecule has 14 heteroatoms. The topological polar surface area (TPSA) is 98.3 Å². The molecule has 1 amide bonds. The Morgan fingerprint density at radius 2 is 1.67 bits per heavy atom. The third-order valence-electron chi connectivity index (χ3n) is 6.33. The van der Waals surface area contributed by atoms with Crippen molar-refractivity contribution in [1.29, 1.82) is 0 Å². The van der Waals surface area contributed by atoms with E-state index < -0.39 is 5.60 Å². The molecule has 2 heterocycles. The number of imidazole rings is 1. The van der Waals surface area contributed by atoms with Gasteiger partial charge < -0.3 is 14.7 Å². The molecule has 0 bridgehead atoms. The second kappa shape index (κ2) is 17.1. The molecule has 0 saturated heterocycles. The van der Waals surface area contributed by atoms with E-state index in [9.17, 15) is 9.90 Å². The smallest absolute Gasteiger partial charge is 0.329 e. The van der Waals surface area contributed by atoms with E-state index in [-0.39, 0.29) is 12.6 Å². The Morgan fingerprint density at radius 3 is 2.26 bits per heavy atom. The zero-order chi connectivity index (χ0) is 31.4. The lowest BCUT2D eigenvalue weighted by Gasteiger charge is -2.29. The van der Waals surface area contributed by atoms with Crippen LogP contribution in [-0.4, -0.2) is 60.0 Å². The van der Waals surface area contributed by atoms with Crippen molar-refractivity contribution in [2.75, 3.05) is 19.7 Å². The van der Waals surface area contributed by atoms with Gasteiger partial charge in [-0.2, -0.15) is 5.10 Å². The lowest BCUT2D eigenvalue weighted by Crippen LogP contribution is -2.37. The number of halogens is 5. The Balaban J connectivity index is 0.000000238. The number of hydrogen-bond donors (Lipinski definition) is 1. The predicted octanol–water partition coefficient (Wildman–Crippen LogP) is 8.27. The third kappa shape index (κ3) is 10.3. The van der Waals surface area contributed by atoms with E-state index in [0.29, 0.717) is 62.5 Å². The highest BCUT2D eigenvalue weighted by Gasteiger charge is 2.32. The van der Waals surface area contributed by atoms with Gasteiger partial charge in [0.2, 0.25) is 0 Å². The molecule has 232 valence electrons. The number of ether oxygens (including phenoxy) is 1. The molecule has 0 radical (unpaired) electrons. The number of aliphatic hydroxyl groups is 1. The van der Waals surface area contributed by atoms with E-state index in [2.05, 4.69) is 22.0 Å². The summed E-state index contributed by atoms with van der Waals surface area (Å²) in [7, 11) is 0. The van der Waals surface area contributed by atoms with Gasteiger partial charge in [0.25, 0.3) is 0 Å². The number of carbonyl (C=O) groups is 1. The van der Waals surface area contributed by atoms with Gasteiger partial charge in [0.1, 0.15) is 31.2 Å². The Labute approximate surface area is 276 Å². The first-order valence-corrected chi connectivity index (χ1v) is 15.5. The molecular formula is C29H33Cl5N6O3. The van der Waals surface area contributed by atoms with Gasteiger partial charge in [-0.05, 0) is 37.1 Å². The average molecular weight is 691 g/mol. The van der Waals surface area contributed by atoms with Gasteiger partial charge in [0.15, 0.2) is 5.75 Å². The van der Waals surface area contributed by atoms with Gasteiger partial charge in [-0.3, -0.25) is 4.57 Å². The van der Waals surface area contributed by atoms with E-state index >= 15 is 0 Å². The van der Waals surface area contributed by atoms with Crippen molar-refractivity contribution in [3.8, 4) is 5.75 Å². The second-order valence-corrected chi connectivity index (χ2v) is 11.7. The van der Waals surface area contributed by atoms with Gasteiger partial charge in [0, 0.05) is 39.6 Å². The summed E-state index contributed by atoms with van der Waals surface area (Å²) >= 11 is 30.2. The molecule has 2 aromatic carbocycles. The van der Waals surface area contributed by atoms with Crippen LogP contribution in [0, 0.1) is 0 Å². The lowest BCUT2D eigenvalue weighted by atomic mass is 9.88. The maximum absolute atomic E-state index is 12.3. The summed E-state index contributed by atoms with van der Waals surface area (Å²) in [5.74, 6) is 0.365. The minimum Gasteiger partial charge on any atom is -0.489 e. The van der Waals surface area contributed by atoms with Crippen molar-refractivity contribution >= 4 is 64.0 Å². The summed E-state index contributed by atoms with van der Waals surface area (Å²) in [5.41, 5.74) is -0.404. The fourth-order valence-corrected chi connectivity index (χ4v) is 5.76. The molecule has 0 spiro atoms. The average Bonchev–Trinajstić information content (AvgIpc) is 3.68. The summed E-state index contributed by atoms with van der Waals surface area (Å²) in [5, 5.41) is 17.2. The van der Waals surface area contributed by atoms with Crippen LogP contribution < -0.4 is 4.74 Å². The van der Waals surface area contributed by atoms with Crippen molar-refractivity contribution in [1.82, 2.24) is 29.2 Å². The van der Waals surface area contributed by atoms with Crippen LogP contribution in [0.5, 0.6) is 5.75 Å². The summed E-state index contributed by atoms with van der Waals surface area (Å²) in [6, 6.07) is 8.13. The van der Waals surface area contributed by atoms with E-state index in [1.54, 1.807) is 58.6 Å². The van der Waals surface area contributed by atoms with Crippen LogP contribution in [0.4, 0.5) is 4.79 Å². The zero-order valence-electron chi connectivity index (χ0n) is 23.8. The highest BCUT2D eigenvalue weighted by atomic mass is 35.5. The van der Waals surface area contributed by atoms with Crippen molar-refractivity contribution in [3.05, 3.63) is 92.4 Å².